The van der Waals surface area contributed by atoms with Gasteiger partial charge >= 0.3 is 5.97 Å². The van der Waals surface area contributed by atoms with E-state index in [1.807, 2.05) is 13.8 Å². The maximum Gasteiger partial charge on any atom is 0.337 e. The Balaban J connectivity index is 2.28. The van der Waals surface area contributed by atoms with E-state index in [1.54, 1.807) is 47.4 Å². The summed E-state index contributed by atoms with van der Waals surface area (Å²) in [5.74, 6) is -1.03. The number of amides is 1. The first-order chi connectivity index (χ1) is 11.1. The molecule has 1 amide bonds. The van der Waals surface area contributed by atoms with Gasteiger partial charge in [0.25, 0.3) is 5.91 Å². The highest BCUT2D eigenvalue weighted by molar-refractivity contribution is 5.97. The summed E-state index contributed by atoms with van der Waals surface area (Å²) in [7, 11) is 0. The predicted octanol–water partition coefficient (Wildman–Crippen LogP) is 3.61. The van der Waals surface area contributed by atoms with Crippen LogP contribution in [0.3, 0.4) is 0 Å². The minimum absolute atomic E-state index is 0.0369. The van der Waals surface area contributed by atoms with Crippen LogP contribution in [0.2, 0.25) is 0 Å². The van der Waals surface area contributed by atoms with Crippen molar-refractivity contribution < 1.29 is 14.7 Å². The molecule has 0 saturated carbocycles. The zero-order valence-electron chi connectivity index (χ0n) is 13.2. The lowest BCUT2D eigenvalue weighted by Gasteiger charge is -2.19. The first-order valence-corrected chi connectivity index (χ1v) is 7.55. The lowest BCUT2D eigenvalue weighted by atomic mass is 10.1. The molecule has 2 rings (SSSR count). The van der Waals surface area contributed by atoms with E-state index in [0.717, 1.165) is 0 Å². The summed E-state index contributed by atoms with van der Waals surface area (Å²) in [5, 5.41) is 12.3. The Labute approximate surface area is 135 Å². The summed E-state index contributed by atoms with van der Waals surface area (Å²) in [6.45, 7) is 5.17. The number of anilines is 2. The van der Waals surface area contributed by atoms with Gasteiger partial charge in [0.15, 0.2) is 0 Å². The van der Waals surface area contributed by atoms with Crippen LogP contribution < -0.4 is 5.32 Å². The minimum atomic E-state index is -0.997. The normalized spacial score (nSPS) is 10.2. The zero-order chi connectivity index (χ0) is 16.8. The fraction of sp³-hybridized carbons (Fsp3) is 0.222. The van der Waals surface area contributed by atoms with Gasteiger partial charge in [-0.25, -0.2) is 4.79 Å². The maximum absolute atomic E-state index is 12.4. The Morgan fingerprint density at radius 3 is 2.39 bits per heavy atom. The van der Waals surface area contributed by atoms with E-state index in [1.165, 1.54) is 6.07 Å². The van der Waals surface area contributed by atoms with Crippen molar-refractivity contribution in [2.75, 3.05) is 18.4 Å². The van der Waals surface area contributed by atoms with Gasteiger partial charge in [0.1, 0.15) is 0 Å². The molecular formula is C18H20N2O3. The molecule has 5 nitrogen and oxygen atoms in total. The number of carboxylic acid groups (broad SMARTS) is 1. The monoisotopic (exact) mass is 312 g/mol. The number of carbonyl (C=O) groups excluding carboxylic acids is 1. The van der Waals surface area contributed by atoms with Crippen LogP contribution in [0.15, 0.2) is 48.5 Å². The second kappa shape index (κ2) is 7.45. The summed E-state index contributed by atoms with van der Waals surface area (Å²) in [5.41, 5.74) is 1.93. The Morgan fingerprint density at radius 1 is 1.04 bits per heavy atom. The van der Waals surface area contributed by atoms with Gasteiger partial charge in [-0.05, 0) is 44.2 Å². The van der Waals surface area contributed by atoms with Crippen molar-refractivity contribution in [3.8, 4) is 0 Å². The van der Waals surface area contributed by atoms with Gasteiger partial charge in [0.2, 0.25) is 0 Å². The van der Waals surface area contributed by atoms with Gasteiger partial charge in [0, 0.05) is 24.3 Å². The highest BCUT2D eigenvalue weighted by Gasteiger charge is 2.13. The van der Waals surface area contributed by atoms with Crippen LogP contribution >= 0.6 is 0 Å². The number of hydrogen-bond acceptors (Lipinski definition) is 3. The third kappa shape index (κ3) is 3.88. The van der Waals surface area contributed by atoms with E-state index in [-0.39, 0.29) is 11.5 Å². The smallest absolute Gasteiger partial charge is 0.337 e. The van der Waals surface area contributed by atoms with Crippen molar-refractivity contribution in [1.82, 2.24) is 4.90 Å². The molecule has 0 atom stereocenters. The quantitative estimate of drug-likeness (QED) is 0.855. The second-order valence-corrected chi connectivity index (χ2v) is 5.03. The summed E-state index contributed by atoms with van der Waals surface area (Å²) < 4.78 is 0. The van der Waals surface area contributed by atoms with E-state index < -0.39 is 5.97 Å². The first-order valence-electron chi connectivity index (χ1n) is 7.55. The van der Waals surface area contributed by atoms with Crippen molar-refractivity contribution in [2.45, 2.75) is 13.8 Å². The molecular weight excluding hydrogens is 292 g/mol. The highest BCUT2D eigenvalue weighted by atomic mass is 16.4. The number of para-hydroxylation sites is 1. The van der Waals surface area contributed by atoms with Crippen molar-refractivity contribution in [1.29, 1.82) is 0 Å². The number of hydrogen-bond donors (Lipinski definition) is 2. The van der Waals surface area contributed by atoms with Crippen LogP contribution in [0.4, 0.5) is 11.4 Å². The van der Waals surface area contributed by atoms with Crippen LogP contribution in [0.25, 0.3) is 0 Å². The third-order valence-electron chi connectivity index (χ3n) is 3.60. The Hall–Kier alpha value is -2.82. The van der Waals surface area contributed by atoms with E-state index in [2.05, 4.69) is 5.32 Å². The van der Waals surface area contributed by atoms with Gasteiger partial charge in [-0.1, -0.05) is 18.2 Å². The first kappa shape index (κ1) is 16.5. The summed E-state index contributed by atoms with van der Waals surface area (Å²) in [4.78, 5) is 25.4. The van der Waals surface area contributed by atoms with Crippen molar-refractivity contribution in [3.05, 3.63) is 59.7 Å². The molecule has 0 aliphatic rings. The van der Waals surface area contributed by atoms with Crippen LogP contribution in [-0.4, -0.2) is 35.0 Å². The average molecular weight is 312 g/mol. The fourth-order valence-electron chi connectivity index (χ4n) is 2.36. The van der Waals surface area contributed by atoms with Crippen molar-refractivity contribution in [2.24, 2.45) is 0 Å². The molecule has 120 valence electrons. The summed E-state index contributed by atoms with van der Waals surface area (Å²) in [6.07, 6.45) is 0. The molecule has 0 radical (unpaired) electrons. The molecule has 0 saturated heterocycles. The fourth-order valence-corrected chi connectivity index (χ4v) is 2.36. The number of benzene rings is 2. The molecule has 2 aromatic carbocycles. The largest absolute Gasteiger partial charge is 0.478 e. The Kier molecular flexibility index (Phi) is 5.36. The zero-order valence-corrected chi connectivity index (χ0v) is 13.2. The second-order valence-electron chi connectivity index (χ2n) is 5.03. The number of aromatic carboxylic acids is 1. The SMILES string of the molecule is CCN(CC)C(=O)c1cccc(Nc2ccccc2C(=O)O)c1. The molecule has 5 heteroatoms. The van der Waals surface area contributed by atoms with Gasteiger partial charge in [-0.3, -0.25) is 4.79 Å². The van der Waals surface area contributed by atoms with Crippen LogP contribution in [0.1, 0.15) is 34.6 Å². The minimum Gasteiger partial charge on any atom is -0.478 e. The molecule has 0 bridgehead atoms. The van der Waals surface area contributed by atoms with Crippen molar-refractivity contribution in [3.63, 3.8) is 0 Å². The molecule has 0 aliphatic heterocycles. The summed E-state index contributed by atoms with van der Waals surface area (Å²) >= 11 is 0. The molecule has 0 fully saturated rings. The number of carbonyl (C=O) groups is 2. The van der Waals surface area contributed by atoms with Gasteiger partial charge in [0.05, 0.1) is 11.3 Å². The van der Waals surface area contributed by atoms with Crippen LogP contribution in [0, 0.1) is 0 Å². The average Bonchev–Trinajstić information content (AvgIpc) is 2.56. The maximum atomic E-state index is 12.4. The lowest BCUT2D eigenvalue weighted by Crippen LogP contribution is -2.30. The van der Waals surface area contributed by atoms with Gasteiger partial charge in [-0.15, -0.1) is 0 Å². The van der Waals surface area contributed by atoms with E-state index in [4.69, 9.17) is 0 Å². The molecule has 0 aliphatic carbocycles. The molecule has 0 aromatic heterocycles. The molecule has 2 aromatic rings. The molecule has 2 N–H and O–H groups in total. The van der Waals surface area contributed by atoms with Gasteiger partial charge < -0.3 is 15.3 Å². The standard InChI is InChI=1S/C18H20N2O3/c1-3-20(4-2)17(21)13-8-7-9-14(12-13)19-16-11-6-5-10-15(16)18(22)23/h5-12,19H,3-4H2,1-2H3,(H,22,23). The van der Waals surface area contributed by atoms with E-state index in [9.17, 15) is 14.7 Å². The molecule has 0 unspecified atom stereocenters. The number of rotatable bonds is 6. The molecule has 23 heavy (non-hydrogen) atoms. The number of carboxylic acids is 1. The number of nitrogens with zero attached hydrogens (tertiary/aromatic N) is 1. The lowest BCUT2D eigenvalue weighted by molar-refractivity contribution is 0.0697. The van der Waals surface area contributed by atoms with Crippen LogP contribution in [0.5, 0.6) is 0 Å². The van der Waals surface area contributed by atoms with E-state index in [0.29, 0.717) is 30.0 Å². The van der Waals surface area contributed by atoms with Crippen LogP contribution in [-0.2, 0) is 0 Å². The number of nitrogens with one attached hydrogen (secondary N) is 1. The predicted molar refractivity (Wildman–Crippen MR) is 90.4 cm³/mol. The molecule has 0 heterocycles. The third-order valence-corrected chi connectivity index (χ3v) is 3.60. The van der Waals surface area contributed by atoms with E-state index >= 15 is 0 Å². The Bertz CT molecular complexity index is 709. The molecule has 0 spiro atoms. The summed E-state index contributed by atoms with van der Waals surface area (Å²) in [6, 6.07) is 13.8. The Morgan fingerprint density at radius 2 is 1.74 bits per heavy atom. The van der Waals surface area contributed by atoms with Gasteiger partial charge in [-0.2, -0.15) is 0 Å². The van der Waals surface area contributed by atoms with Crippen molar-refractivity contribution >= 4 is 23.3 Å². The highest BCUT2D eigenvalue weighted by Crippen LogP contribution is 2.22. The topological polar surface area (TPSA) is 69.6 Å².